The number of hydrogen-bond acceptors (Lipinski definition) is 2. The smallest absolute Gasteiger partial charge is 0.254 e. The van der Waals surface area contributed by atoms with Crippen LogP contribution in [0.3, 0.4) is 0 Å². The maximum atomic E-state index is 12.9. The third-order valence-corrected chi connectivity index (χ3v) is 5.82. The van der Waals surface area contributed by atoms with E-state index in [1.54, 1.807) is 28.9 Å². The third-order valence-electron chi connectivity index (χ3n) is 4.50. The fourth-order valence-corrected chi connectivity index (χ4v) is 4.19. The lowest BCUT2D eigenvalue weighted by Crippen LogP contribution is -2.26. The lowest BCUT2D eigenvalue weighted by atomic mass is 10.1. The molecule has 0 saturated heterocycles. The van der Waals surface area contributed by atoms with Crippen LogP contribution in [-0.2, 0) is 22.9 Å². The van der Waals surface area contributed by atoms with Crippen LogP contribution in [0.15, 0.2) is 65.6 Å². The second kappa shape index (κ2) is 7.38. The Balaban J connectivity index is 1.99. The Morgan fingerprint density at radius 1 is 0.962 bits per heavy atom. The summed E-state index contributed by atoms with van der Waals surface area (Å²) >= 11 is 0. The van der Waals surface area contributed by atoms with E-state index in [4.69, 9.17) is 0 Å². The van der Waals surface area contributed by atoms with Gasteiger partial charge in [-0.2, -0.15) is 8.42 Å². The Hall–Kier alpha value is -2.53. The maximum absolute atomic E-state index is 12.9. The number of benzene rings is 2. The zero-order chi connectivity index (χ0) is 18.7. The highest BCUT2D eigenvalue weighted by atomic mass is 32.2. The Morgan fingerprint density at radius 3 is 2.23 bits per heavy atom. The highest BCUT2D eigenvalue weighted by Crippen LogP contribution is 2.20. The average molecular weight is 369 g/mol. The van der Waals surface area contributed by atoms with Crippen LogP contribution in [0.4, 0.5) is 0 Å². The second-order valence-electron chi connectivity index (χ2n) is 6.52. The fraction of sp³-hybridized carbons (Fsp3) is 0.238. The summed E-state index contributed by atoms with van der Waals surface area (Å²) in [6.07, 6.45) is 1.41. The van der Waals surface area contributed by atoms with Crippen molar-refractivity contribution in [2.45, 2.75) is 38.5 Å². The zero-order valence-corrected chi connectivity index (χ0v) is 16.2. The molecule has 1 heterocycles. The Kier molecular flexibility index (Phi) is 5.18. The van der Waals surface area contributed by atoms with Crippen LogP contribution in [0.5, 0.6) is 0 Å². The lowest BCUT2D eigenvalue weighted by molar-refractivity contribution is 0.593. The predicted octanol–water partition coefficient (Wildman–Crippen LogP) is 4.19. The molecule has 0 amide bonds. The largest absolute Gasteiger partial charge is 0.275 e. The minimum Gasteiger partial charge on any atom is -0.254 e. The summed E-state index contributed by atoms with van der Waals surface area (Å²) in [4.78, 5) is 3.04. The lowest BCUT2D eigenvalue weighted by Gasteiger charge is -2.16. The molecule has 5 heteroatoms. The summed E-state index contributed by atoms with van der Waals surface area (Å²) in [5, 5.41) is 0. The molecule has 0 spiro atoms. The van der Waals surface area contributed by atoms with E-state index in [9.17, 15) is 8.42 Å². The zero-order valence-electron chi connectivity index (χ0n) is 15.4. The van der Waals surface area contributed by atoms with E-state index >= 15 is 0 Å². The van der Waals surface area contributed by atoms with E-state index in [1.165, 1.54) is 0 Å². The van der Waals surface area contributed by atoms with Crippen molar-refractivity contribution in [3.05, 3.63) is 88.7 Å². The molecule has 3 rings (SSSR count). The van der Waals surface area contributed by atoms with Gasteiger partial charge >= 0.3 is 0 Å². The molecule has 0 saturated carbocycles. The van der Waals surface area contributed by atoms with Crippen molar-refractivity contribution in [3.8, 4) is 0 Å². The van der Waals surface area contributed by atoms with Gasteiger partial charge in [0, 0.05) is 17.8 Å². The molecule has 0 radical (unpaired) electrons. The molecule has 0 bridgehead atoms. The van der Waals surface area contributed by atoms with E-state index in [0.29, 0.717) is 6.42 Å². The van der Waals surface area contributed by atoms with Crippen LogP contribution < -0.4 is 4.83 Å². The van der Waals surface area contributed by atoms with E-state index < -0.39 is 10.0 Å². The molecular formula is C21H24N2O2S. The quantitative estimate of drug-likeness (QED) is 0.709. The van der Waals surface area contributed by atoms with E-state index in [2.05, 4.69) is 10.9 Å². The predicted molar refractivity (Wildman–Crippen MR) is 106 cm³/mol. The van der Waals surface area contributed by atoms with Crippen LogP contribution >= 0.6 is 0 Å². The van der Waals surface area contributed by atoms with Gasteiger partial charge in [0.2, 0.25) is 0 Å². The summed E-state index contributed by atoms with van der Waals surface area (Å²) in [6, 6.07) is 19.0. The molecule has 3 aromatic rings. The standard InChI is InChI=1S/C21H24N2O2S/c1-4-21-17(3)14-19(15-18-8-6-5-7-9-18)23(21)22-26(24,25)20-12-10-16(2)11-13-20/h5-14,22H,4,15H2,1-3H3. The molecule has 1 N–H and O–H groups in total. The van der Waals surface area contributed by atoms with Gasteiger partial charge in [0.15, 0.2) is 0 Å². The number of aryl methyl sites for hydroxylation is 2. The number of nitrogens with zero attached hydrogens (tertiary/aromatic N) is 1. The molecule has 136 valence electrons. The molecule has 0 aliphatic rings. The van der Waals surface area contributed by atoms with Crippen molar-refractivity contribution in [2.75, 3.05) is 4.83 Å². The minimum atomic E-state index is -3.65. The van der Waals surface area contributed by atoms with Gasteiger partial charge < -0.3 is 0 Å². The first-order chi connectivity index (χ1) is 12.4. The number of sulfonamides is 1. The summed E-state index contributed by atoms with van der Waals surface area (Å²) in [5.74, 6) is 0. The normalized spacial score (nSPS) is 11.5. The van der Waals surface area contributed by atoms with Crippen molar-refractivity contribution < 1.29 is 8.42 Å². The topological polar surface area (TPSA) is 51.1 Å². The van der Waals surface area contributed by atoms with E-state index in [1.807, 2.05) is 51.1 Å². The summed E-state index contributed by atoms with van der Waals surface area (Å²) < 4.78 is 27.5. The summed E-state index contributed by atoms with van der Waals surface area (Å²) in [7, 11) is -3.65. The van der Waals surface area contributed by atoms with Crippen LogP contribution in [0.25, 0.3) is 0 Å². The highest BCUT2D eigenvalue weighted by Gasteiger charge is 2.19. The van der Waals surface area contributed by atoms with Gasteiger partial charge in [-0.3, -0.25) is 4.68 Å². The van der Waals surface area contributed by atoms with Crippen molar-refractivity contribution in [1.82, 2.24) is 4.68 Å². The molecule has 4 nitrogen and oxygen atoms in total. The molecule has 0 atom stereocenters. The molecule has 0 aliphatic heterocycles. The molecule has 0 aliphatic carbocycles. The molecule has 0 fully saturated rings. The van der Waals surface area contributed by atoms with Crippen LogP contribution in [0.2, 0.25) is 0 Å². The Bertz CT molecular complexity index is 988. The second-order valence-corrected chi connectivity index (χ2v) is 8.19. The number of hydrogen-bond donors (Lipinski definition) is 1. The van der Waals surface area contributed by atoms with Crippen LogP contribution in [0, 0.1) is 13.8 Å². The van der Waals surface area contributed by atoms with Crippen molar-refractivity contribution in [2.24, 2.45) is 0 Å². The fourth-order valence-electron chi connectivity index (χ4n) is 3.12. The highest BCUT2D eigenvalue weighted by molar-refractivity contribution is 7.92. The number of nitrogens with one attached hydrogen (secondary N) is 1. The maximum Gasteiger partial charge on any atom is 0.275 e. The van der Waals surface area contributed by atoms with Crippen LogP contribution in [-0.4, -0.2) is 13.1 Å². The first-order valence-electron chi connectivity index (χ1n) is 8.74. The van der Waals surface area contributed by atoms with Gasteiger partial charge in [-0.05, 0) is 49.6 Å². The number of aromatic nitrogens is 1. The molecule has 1 aromatic heterocycles. The van der Waals surface area contributed by atoms with Crippen LogP contribution in [0.1, 0.15) is 35.0 Å². The van der Waals surface area contributed by atoms with Gasteiger partial charge in [0.05, 0.1) is 4.90 Å². The van der Waals surface area contributed by atoms with Gasteiger partial charge in [-0.15, -0.1) is 0 Å². The monoisotopic (exact) mass is 368 g/mol. The SMILES string of the molecule is CCc1c(C)cc(Cc2ccccc2)n1NS(=O)(=O)c1ccc(C)cc1. The molecule has 2 aromatic carbocycles. The first kappa shape index (κ1) is 18.3. The van der Waals surface area contributed by atoms with Gasteiger partial charge in [0.25, 0.3) is 10.0 Å². The molecule has 26 heavy (non-hydrogen) atoms. The number of rotatable bonds is 6. The van der Waals surface area contributed by atoms with Gasteiger partial charge in [0.1, 0.15) is 0 Å². The van der Waals surface area contributed by atoms with Gasteiger partial charge in [-0.25, -0.2) is 4.83 Å². The van der Waals surface area contributed by atoms with Crippen molar-refractivity contribution in [1.29, 1.82) is 0 Å². The molecular weight excluding hydrogens is 344 g/mol. The Labute approximate surface area is 155 Å². The average Bonchev–Trinajstić information content (AvgIpc) is 2.90. The first-order valence-corrected chi connectivity index (χ1v) is 10.2. The van der Waals surface area contributed by atoms with Crippen molar-refractivity contribution in [3.63, 3.8) is 0 Å². The summed E-state index contributed by atoms with van der Waals surface area (Å²) in [5.41, 5.74) is 5.17. The minimum absolute atomic E-state index is 0.266. The molecule has 0 unspecified atom stereocenters. The van der Waals surface area contributed by atoms with Crippen molar-refractivity contribution >= 4 is 10.0 Å². The third kappa shape index (κ3) is 3.83. The Morgan fingerprint density at radius 2 is 1.62 bits per heavy atom. The van der Waals surface area contributed by atoms with Gasteiger partial charge in [-0.1, -0.05) is 55.0 Å². The van der Waals surface area contributed by atoms with E-state index in [0.717, 1.165) is 34.5 Å². The summed E-state index contributed by atoms with van der Waals surface area (Å²) in [6.45, 7) is 5.99. The van der Waals surface area contributed by atoms with E-state index in [-0.39, 0.29) is 4.90 Å².